The van der Waals surface area contributed by atoms with Crippen molar-refractivity contribution in [3.05, 3.63) is 71.9 Å². The number of benzene rings is 2. The van der Waals surface area contributed by atoms with Crippen LogP contribution < -0.4 is 20.1 Å². The number of aromatic nitrogens is 1. The number of anilines is 1. The van der Waals surface area contributed by atoms with E-state index in [1.165, 1.54) is 6.08 Å². The molecular weight excluding hydrogens is 516 g/mol. The van der Waals surface area contributed by atoms with Crippen LogP contribution in [0.1, 0.15) is 37.7 Å². The molecule has 2 aliphatic rings. The Hall–Kier alpha value is -4.04. The van der Waals surface area contributed by atoms with Crippen molar-refractivity contribution in [1.82, 2.24) is 15.2 Å². The summed E-state index contributed by atoms with van der Waals surface area (Å²) in [6.07, 6.45) is 10.0. The number of ether oxygens (including phenoxy) is 2. The fourth-order valence-electron chi connectivity index (χ4n) is 5.10. The molecular formula is C30H31ClN4O4. The number of rotatable bonds is 7. The molecule has 5 rings (SSSR count). The smallest absolute Gasteiger partial charge is 0.319 e. The summed E-state index contributed by atoms with van der Waals surface area (Å²) >= 11 is 6.49. The van der Waals surface area contributed by atoms with Gasteiger partial charge in [-0.05, 0) is 55.2 Å². The summed E-state index contributed by atoms with van der Waals surface area (Å²) in [5, 5.41) is 7.02. The fourth-order valence-corrected chi connectivity index (χ4v) is 5.32. The monoisotopic (exact) mass is 546 g/mol. The van der Waals surface area contributed by atoms with Crippen LogP contribution in [0.5, 0.6) is 17.2 Å². The molecule has 9 heteroatoms. The highest BCUT2D eigenvalue weighted by Crippen LogP contribution is 2.38. The average molecular weight is 547 g/mol. The molecule has 8 nitrogen and oxygen atoms in total. The van der Waals surface area contributed by atoms with Crippen LogP contribution in [-0.4, -0.2) is 48.1 Å². The molecule has 2 heterocycles. The maximum absolute atomic E-state index is 12.4. The molecule has 0 spiro atoms. The third kappa shape index (κ3) is 6.01. The molecule has 39 heavy (non-hydrogen) atoms. The fraction of sp³-hybridized carbons (Fsp3) is 0.300. The largest absolute Gasteiger partial charge is 0.496 e. The topological polar surface area (TPSA) is 92.8 Å². The van der Waals surface area contributed by atoms with Crippen molar-refractivity contribution >= 4 is 45.7 Å². The molecule has 2 aromatic carbocycles. The zero-order valence-electron chi connectivity index (χ0n) is 21.8. The molecule has 3 aromatic rings. The summed E-state index contributed by atoms with van der Waals surface area (Å²) in [6.45, 7) is 4.69. The summed E-state index contributed by atoms with van der Waals surface area (Å²) in [6, 6.07) is 10.8. The van der Waals surface area contributed by atoms with Crippen LogP contribution in [0.15, 0.2) is 61.3 Å². The Morgan fingerprint density at radius 2 is 1.97 bits per heavy atom. The maximum atomic E-state index is 12.4. The molecule has 1 saturated carbocycles. The minimum atomic E-state index is -0.256. The minimum absolute atomic E-state index is 0.0787. The SMILES string of the molecule is C=CC(=O)N1CC=C(c2cc3c(Oc4ccc(NC(=O)NC5CCCC5)c(Cl)c4)ccnc3cc2OC)CC1. The summed E-state index contributed by atoms with van der Waals surface area (Å²) in [4.78, 5) is 30.6. The first kappa shape index (κ1) is 26.6. The second kappa shape index (κ2) is 11.8. The van der Waals surface area contributed by atoms with Crippen molar-refractivity contribution in [3.8, 4) is 17.2 Å². The van der Waals surface area contributed by atoms with E-state index in [0.29, 0.717) is 47.5 Å². The van der Waals surface area contributed by atoms with E-state index in [0.717, 1.165) is 47.7 Å². The number of carbonyl (C=O) groups is 2. The molecule has 0 atom stereocenters. The van der Waals surface area contributed by atoms with Crippen LogP contribution in [0, 0.1) is 0 Å². The Morgan fingerprint density at radius 1 is 1.15 bits per heavy atom. The second-order valence-corrected chi connectivity index (χ2v) is 10.1. The molecule has 0 unspecified atom stereocenters. The molecule has 0 saturated heterocycles. The van der Waals surface area contributed by atoms with Crippen molar-refractivity contribution < 1.29 is 19.1 Å². The molecule has 1 aliphatic carbocycles. The maximum Gasteiger partial charge on any atom is 0.319 e. The number of hydrogen-bond acceptors (Lipinski definition) is 5. The second-order valence-electron chi connectivity index (χ2n) is 9.67. The van der Waals surface area contributed by atoms with Gasteiger partial charge < -0.3 is 25.0 Å². The first-order valence-corrected chi connectivity index (χ1v) is 13.5. The number of pyridine rings is 1. The number of nitrogens with one attached hydrogen (secondary N) is 2. The molecule has 0 radical (unpaired) electrons. The number of halogens is 1. The van der Waals surface area contributed by atoms with E-state index in [1.807, 2.05) is 18.2 Å². The summed E-state index contributed by atoms with van der Waals surface area (Å²) in [5.41, 5.74) is 3.26. The lowest BCUT2D eigenvalue weighted by molar-refractivity contribution is -0.125. The van der Waals surface area contributed by atoms with Gasteiger partial charge in [0.1, 0.15) is 17.2 Å². The molecule has 202 valence electrons. The van der Waals surface area contributed by atoms with Gasteiger partial charge in [-0.25, -0.2) is 4.79 Å². The molecule has 3 amide bonds. The van der Waals surface area contributed by atoms with Crippen LogP contribution in [0.3, 0.4) is 0 Å². The van der Waals surface area contributed by atoms with Crippen LogP contribution in [0.2, 0.25) is 5.02 Å². The lowest BCUT2D eigenvalue weighted by Crippen LogP contribution is -2.36. The zero-order chi connectivity index (χ0) is 27.4. The van der Waals surface area contributed by atoms with E-state index < -0.39 is 0 Å². The Morgan fingerprint density at radius 3 is 2.67 bits per heavy atom. The van der Waals surface area contributed by atoms with Crippen molar-refractivity contribution in [1.29, 1.82) is 0 Å². The number of hydrogen-bond donors (Lipinski definition) is 2. The van der Waals surface area contributed by atoms with Gasteiger partial charge in [0.15, 0.2) is 0 Å². The zero-order valence-corrected chi connectivity index (χ0v) is 22.6. The first-order chi connectivity index (χ1) is 18.9. The van der Waals surface area contributed by atoms with Gasteiger partial charge in [-0.2, -0.15) is 0 Å². The van der Waals surface area contributed by atoms with E-state index in [1.54, 1.807) is 42.5 Å². The van der Waals surface area contributed by atoms with Gasteiger partial charge in [-0.3, -0.25) is 9.78 Å². The van der Waals surface area contributed by atoms with Crippen molar-refractivity contribution in [2.24, 2.45) is 0 Å². The third-order valence-electron chi connectivity index (χ3n) is 7.17. The van der Waals surface area contributed by atoms with E-state index in [4.69, 9.17) is 21.1 Å². The van der Waals surface area contributed by atoms with Crippen LogP contribution in [0.25, 0.3) is 16.5 Å². The lowest BCUT2D eigenvalue weighted by Gasteiger charge is -2.26. The van der Waals surface area contributed by atoms with Gasteiger partial charge in [0.05, 0.1) is 23.3 Å². The summed E-state index contributed by atoms with van der Waals surface area (Å²) in [7, 11) is 1.63. The van der Waals surface area contributed by atoms with Crippen LogP contribution in [0.4, 0.5) is 10.5 Å². The lowest BCUT2D eigenvalue weighted by atomic mass is 9.96. The van der Waals surface area contributed by atoms with E-state index >= 15 is 0 Å². The first-order valence-electron chi connectivity index (χ1n) is 13.1. The van der Waals surface area contributed by atoms with Crippen molar-refractivity contribution in [2.45, 2.75) is 38.1 Å². The van der Waals surface area contributed by atoms with Gasteiger partial charge >= 0.3 is 6.03 Å². The predicted octanol–water partition coefficient (Wildman–Crippen LogP) is 6.55. The quantitative estimate of drug-likeness (QED) is 0.328. The normalized spacial score (nSPS) is 15.5. The highest BCUT2D eigenvalue weighted by Gasteiger charge is 2.20. The van der Waals surface area contributed by atoms with Gasteiger partial charge in [-0.15, -0.1) is 0 Å². The number of nitrogens with zero attached hydrogens (tertiary/aromatic N) is 2. The standard InChI is InChI=1S/C30H31ClN4O4/c1-3-29(36)35-14-11-19(12-15-35)22-17-23-26(18-28(22)38-2)32-13-10-27(23)39-21-8-9-25(24(31)16-21)34-30(37)33-20-6-4-5-7-20/h3,8-11,13,16-18,20H,1,4-7,12,14-15H2,2H3,(H2,33,34,37). The van der Waals surface area contributed by atoms with Gasteiger partial charge in [0, 0.05) is 48.4 Å². The Balaban J connectivity index is 1.37. The predicted molar refractivity (Wildman–Crippen MR) is 154 cm³/mol. The number of amides is 3. The van der Waals surface area contributed by atoms with Crippen molar-refractivity contribution in [2.75, 3.05) is 25.5 Å². The minimum Gasteiger partial charge on any atom is -0.496 e. The average Bonchev–Trinajstić information content (AvgIpc) is 3.46. The highest BCUT2D eigenvalue weighted by atomic mass is 35.5. The molecule has 1 aromatic heterocycles. The summed E-state index contributed by atoms with van der Waals surface area (Å²) < 4.78 is 11.9. The van der Waals surface area contributed by atoms with Crippen LogP contribution >= 0.6 is 11.6 Å². The Labute approximate surface area is 232 Å². The number of urea groups is 1. The van der Waals surface area contributed by atoms with Crippen molar-refractivity contribution in [3.63, 3.8) is 0 Å². The van der Waals surface area contributed by atoms with E-state index in [9.17, 15) is 9.59 Å². The number of methoxy groups -OCH3 is 1. The van der Waals surface area contributed by atoms with E-state index in [2.05, 4.69) is 22.2 Å². The molecule has 0 bridgehead atoms. The summed E-state index contributed by atoms with van der Waals surface area (Å²) in [5.74, 6) is 1.77. The van der Waals surface area contributed by atoms with Gasteiger partial charge in [-0.1, -0.05) is 37.1 Å². The molecule has 1 aliphatic heterocycles. The Bertz CT molecular complexity index is 1450. The molecule has 2 N–H and O–H groups in total. The highest BCUT2D eigenvalue weighted by molar-refractivity contribution is 6.33. The van der Waals surface area contributed by atoms with Crippen LogP contribution in [-0.2, 0) is 4.79 Å². The van der Waals surface area contributed by atoms with Gasteiger partial charge in [0.25, 0.3) is 0 Å². The third-order valence-corrected chi connectivity index (χ3v) is 7.48. The Kier molecular flexibility index (Phi) is 8.02. The van der Waals surface area contributed by atoms with Gasteiger partial charge in [0.2, 0.25) is 5.91 Å². The molecule has 1 fully saturated rings. The van der Waals surface area contributed by atoms with E-state index in [-0.39, 0.29) is 18.0 Å². The number of carbonyl (C=O) groups excluding carboxylic acids is 2. The number of fused-ring (bicyclic) bond motifs is 1.